The van der Waals surface area contributed by atoms with E-state index in [2.05, 4.69) is 15.6 Å². The predicted molar refractivity (Wildman–Crippen MR) is 94.5 cm³/mol. The molecule has 7 heteroatoms. The van der Waals surface area contributed by atoms with Gasteiger partial charge in [-0.1, -0.05) is 13.8 Å². The molecule has 1 unspecified atom stereocenters. The Kier molecular flexibility index (Phi) is 5.90. The number of carbonyl (C=O) groups is 2. The minimum Gasteiger partial charge on any atom is -0.349 e. The zero-order valence-corrected chi connectivity index (χ0v) is 15.3. The Morgan fingerprint density at radius 3 is 2.61 bits per heavy atom. The van der Waals surface area contributed by atoms with Crippen molar-refractivity contribution in [3.63, 3.8) is 0 Å². The zero-order valence-electron chi connectivity index (χ0n) is 13.7. The van der Waals surface area contributed by atoms with Crippen molar-refractivity contribution in [2.75, 3.05) is 0 Å². The first kappa shape index (κ1) is 17.6. The lowest BCUT2D eigenvalue weighted by Crippen LogP contribution is -2.48. The van der Waals surface area contributed by atoms with Gasteiger partial charge in [-0.25, -0.2) is 4.98 Å². The minimum atomic E-state index is -0.506. The van der Waals surface area contributed by atoms with Crippen LogP contribution in [0.3, 0.4) is 0 Å². The van der Waals surface area contributed by atoms with Crippen molar-refractivity contribution in [3.8, 4) is 10.6 Å². The standard InChI is InChI=1S/C16H21N3O2S2/c1-9(2)15(18-10(3)20)16(21)17-7-12-5-6-14(23-12)13-8-22-11(4)19-13/h5-6,8-9,15H,7H2,1-4H3,(H,17,21)(H,18,20). The highest BCUT2D eigenvalue weighted by atomic mass is 32.1. The summed E-state index contributed by atoms with van der Waals surface area (Å²) in [6.07, 6.45) is 0. The van der Waals surface area contributed by atoms with E-state index in [9.17, 15) is 9.59 Å². The van der Waals surface area contributed by atoms with Crippen LogP contribution in [0.15, 0.2) is 17.5 Å². The molecule has 0 aromatic carbocycles. The summed E-state index contributed by atoms with van der Waals surface area (Å²) in [5, 5.41) is 8.66. The number of nitrogens with zero attached hydrogens (tertiary/aromatic N) is 1. The number of amides is 2. The summed E-state index contributed by atoms with van der Waals surface area (Å²) < 4.78 is 0. The van der Waals surface area contributed by atoms with Crippen LogP contribution in [0.2, 0.25) is 0 Å². The molecule has 23 heavy (non-hydrogen) atoms. The molecule has 0 spiro atoms. The summed E-state index contributed by atoms with van der Waals surface area (Å²) in [6, 6.07) is 3.51. The van der Waals surface area contributed by atoms with E-state index in [0.29, 0.717) is 6.54 Å². The lowest BCUT2D eigenvalue weighted by Gasteiger charge is -2.20. The molecule has 0 aliphatic heterocycles. The maximum atomic E-state index is 12.2. The van der Waals surface area contributed by atoms with E-state index >= 15 is 0 Å². The van der Waals surface area contributed by atoms with Gasteiger partial charge in [-0.3, -0.25) is 9.59 Å². The quantitative estimate of drug-likeness (QED) is 0.840. The molecule has 2 amide bonds. The number of aryl methyl sites for hydroxylation is 1. The second-order valence-corrected chi connectivity index (χ2v) is 7.89. The van der Waals surface area contributed by atoms with Crippen LogP contribution >= 0.6 is 22.7 Å². The molecule has 0 saturated carbocycles. The van der Waals surface area contributed by atoms with E-state index in [4.69, 9.17) is 0 Å². The van der Waals surface area contributed by atoms with Crippen LogP contribution < -0.4 is 10.6 Å². The van der Waals surface area contributed by atoms with Crippen LogP contribution in [0.5, 0.6) is 0 Å². The summed E-state index contributed by atoms with van der Waals surface area (Å²) in [4.78, 5) is 30.1. The van der Waals surface area contributed by atoms with E-state index in [-0.39, 0.29) is 17.7 Å². The molecule has 0 saturated heterocycles. The van der Waals surface area contributed by atoms with E-state index in [1.54, 1.807) is 22.7 Å². The highest BCUT2D eigenvalue weighted by Crippen LogP contribution is 2.28. The molecule has 0 radical (unpaired) electrons. The molecule has 2 rings (SSSR count). The highest BCUT2D eigenvalue weighted by molar-refractivity contribution is 7.16. The first-order valence-electron chi connectivity index (χ1n) is 7.43. The number of rotatable bonds is 6. The van der Waals surface area contributed by atoms with Gasteiger partial charge in [0.25, 0.3) is 0 Å². The lowest BCUT2D eigenvalue weighted by molar-refractivity contribution is -0.129. The number of hydrogen-bond acceptors (Lipinski definition) is 5. The number of carbonyl (C=O) groups excluding carboxylic acids is 2. The molecule has 2 aromatic rings. The van der Waals surface area contributed by atoms with Gasteiger partial charge in [0, 0.05) is 17.2 Å². The average Bonchev–Trinajstić information content (AvgIpc) is 3.10. The van der Waals surface area contributed by atoms with Crippen LogP contribution in [-0.4, -0.2) is 22.8 Å². The monoisotopic (exact) mass is 351 g/mol. The molecule has 124 valence electrons. The summed E-state index contributed by atoms with van der Waals surface area (Å²) in [6.45, 7) is 7.68. The Bertz CT molecular complexity index is 691. The maximum Gasteiger partial charge on any atom is 0.243 e. The van der Waals surface area contributed by atoms with Crippen LogP contribution in [0.1, 0.15) is 30.7 Å². The van der Waals surface area contributed by atoms with Crippen molar-refractivity contribution < 1.29 is 9.59 Å². The molecule has 5 nitrogen and oxygen atoms in total. The second-order valence-electron chi connectivity index (χ2n) is 5.66. The Morgan fingerprint density at radius 1 is 1.30 bits per heavy atom. The Hall–Kier alpha value is -1.73. The Balaban J connectivity index is 1.96. The number of thiazole rings is 1. The molecule has 0 aliphatic rings. The average molecular weight is 351 g/mol. The maximum absolute atomic E-state index is 12.2. The summed E-state index contributed by atoms with van der Waals surface area (Å²) in [5.41, 5.74) is 0.980. The molecule has 2 N–H and O–H groups in total. The largest absolute Gasteiger partial charge is 0.349 e. The fourth-order valence-electron chi connectivity index (χ4n) is 2.13. The summed E-state index contributed by atoms with van der Waals surface area (Å²) in [5.74, 6) is -0.318. The van der Waals surface area contributed by atoms with Crippen LogP contribution in [0.25, 0.3) is 10.6 Å². The first-order valence-corrected chi connectivity index (χ1v) is 9.12. The van der Waals surface area contributed by atoms with Crippen molar-refractivity contribution in [1.29, 1.82) is 0 Å². The van der Waals surface area contributed by atoms with Crippen LogP contribution in [0.4, 0.5) is 0 Å². The van der Waals surface area contributed by atoms with Crippen molar-refractivity contribution in [2.45, 2.75) is 40.3 Å². The zero-order chi connectivity index (χ0) is 17.0. The predicted octanol–water partition coefficient (Wildman–Crippen LogP) is 2.96. The smallest absolute Gasteiger partial charge is 0.243 e. The van der Waals surface area contributed by atoms with Crippen molar-refractivity contribution >= 4 is 34.5 Å². The molecule has 0 fully saturated rings. The fourth-order valence-corrected chi connectivity index (χ4v) is 3.72. The number of aromatic nitrogens is 1. The van der Waals surface area contributed by atoms with E-state index in [0.717, 1.165) is 20.5 Å². The third-order valence-electron chi connectivity index (χ3n) is 3.28. The minimum absolute atomic E-state index is 0.0378. The normalized spacial score (nSPS) is 12.2. The molecule has 2 heterocycles. The van der Waals surface area contributed by atoms with Gasteiger partial charge in [0.15, 0.2) is 0 Å². The molecule has 0 aliphatic carbocycles. The topological polar surface area (TPSA) is 71.1 Å². The van der Waals surface area contributed by atoms with Crippen molar-refractivity contribution in [3.05, 3.63) is 27.4 Å². The highest BCUT2D eigenvalue weighted by Gasteiger charge is 2.22. The fraction of sp³-hybridized carbons (Fsp3) is 0.438. The van der Waals surface area contributed by atoms with Gasteiger partial charge in [0.05, 0.1) is 22.1 Å². The number of hydrogen-bond donors (Lipinski definition) is 2. The van der Waals surface area contributed by atoms with E-state index in [1.807, 2.05) is 38.3 Å². The molecular weight excluding hydrogens is 330 g/mol. The number of thiophene rings is 1. The summed E-state index contributed by atoms with van der Waals surface area (Å²) >= 11 is 3.24. The first-order chi connectivity index (χ1) is 10.9. The second kappa shape index (κ2) is 7.70. The molecule has 1 atom stereocenters. The molecular formula is C16H21N3O2S2. The SMILES string of the molecule is CC(=O)NC(C(=O)NCc1ccc(-c2csc(C)n2)s1)C(C)C. The van der Waals surface area contributed by atoms with Gasteiger partial charge < -0.3 is 10.6 Å². The number of nitrogens with one attached hydrogen (secondary N) is 2. The van der Waals surface area contributed by atoms with Gasteiger partial charge in [-0.05, 0) is 25.0 Å². The van der Waals surface area contributed by atoms with Gasteiger partial charge >= 0.3 is 0 Å². The van der Waals surface area contributed by atoms with Crippen molar-refractivity contribution in [2.24, 2.45) is 5.92 Å². The third kappa shape index (κ3) is 4.87. The lowest BCUT2D eigenvalue weighted by atomic mass is 10.0. The van der Waals surface area contributed by atoms with Gasteiger partial charge in [-0.15, -0.1) is 22.7 Å². The van der Waals surface area contributed by atoms with Crippen molar-refractivity contribution in [1.82, 2.24) is 15.6 Å². The van der Waals surface area contributed by atoms with Crippen LogP contribution in [0, 0.1) is 12.8 Å². The van der Waals surface area contributed by atoms with Gasteiger partial charge in [0.1, 0.15) is 6.04 Å². The van der Waals surface area contributed by atoms with Gasteiger partial charge in [0.2, 0.25) is 11.8 Å². The van der Waals surface area contributed by atoms with Crippen LogP contribution in [-0.2, 0) is 16.1 Å². The Labute approximate surface area is 144 Å². The van der Waals surface area contributed by atoms with Gasteiger partial charge in [-0.2, -0.15) is 0 Å². The van der Waals surface area contributed by atoms with E-state index < -0.39 is 6.04 Å². The molecule has 0 bridgehead atoms. The van der Waals surface area contributed by atoms with E-state index in [1.165, 1.54) is 6.92 Å². The Morgan fingerprint density at radius 2 is 2.04 bits per heavy atom. The summed E-state index contributed by atoms with van der Waals surface area (Å²) in [7, 11) is 0. The third-order valence-corrected chi connectivity index (χ3v) is 5.16. The molecule has 2 aromatic heterocycles.